The van der Waals surface area contributed by atoms with Crippen LogP contribution in [-0.4, -0.2) is 81.3 Å². The number of aliphatic hydroxyl groups excluding tert-OH is 4. The number of rotatable bonds is 25. The summed E-state index contributed by atoms with van der Waals surface area (Å²) in [5.74, 6) is -0.305. The summed E-state index contributed by atoms with van der Waals surface area (Å²) in [6.07, 6.45) is 21.6. The van der Waals surface area contributed by atoms with E-state index in [1.54, 1.807) is 6.08 Å². The third-order valence-electron chi connectivity index (χ3n) is 10.1. The minimum atomic E-state index is -0.578. The van der Waals surface area contributed by atoms with Gasteiger partial charge in [0.2, 0.25) is 0 Å². The molecular formula is C37H66O8. The van der Waals surface area contributed by atoms with E-state index >= 15 is 0 Å². The number of cyclic esters (lactones) is 1. The average molecular weight is 639 g/mol. The lowest BCUT2D eigenvalue weighted by Gasteiger charge is -2.24. The number of carbonyl (C=O) groups excluding carboxylic acids is 1. The predicted octanol–water partition coefficient (Wildman–Crippen LogP) is 6.83. The number of aliphatic hydroxyl groups is 4. The first-order valence-electron chi connectivity index (χ1n) is 18.7. The first kappa shape index (κ1) is 38.4. The van der Waals surface area contributed by atoms with Gasteiger partial charge in [0, 0.05) is 12.0 Å². The van der Waals surface area contributed by atoms with E-state index in [0.29, 0.717) is 31.3 Å². The second-order valence-electron chi connectivity index (χ2n) is 14.2. The zero-order valence-electron chi connectivity index (χ0n) is 28.5. The van der Waals surface area contributed by atoms with Gasteiger partial charge >= 0.3 is 5.97 Å². The molecule has 3 aliphatic heterocycles. The third-order valence-corrected chi connectivity index (χ3v) is 10.1. The number of hydrogen-bond acceptors (Lipinski definition) is 8. The van der Waals surface area contributed by atoms with Gasteiger partial charge in [0.1, 0.15) is 6.10 Å². The Bertz CT molecular complexity index is 833. The molecule has 0 aromatic heterocycles. The van der Waals surface area contributed by atoms with Crippen LogP contribution in [0.1, 0.15) is 162 Å². The molecule has 3 heterocycles. The minimum Gasteiger partial charge on any atom is -0.455 e. The van der Waals surface area contributed by atoms with Gasteiger partial charge < -0.3 is 34.6 Å². The Morgan fingerprint density at radius 2 is 1.13 bits per heavy atom. The lowest BCUT2D eigenvalue weighted by atomic mass is 9.99. The molecule has 0 bridgehead atoms. The quantitative estimate of drug-likeness (QED) is 0.0634. The van der Waals surface area contributed by atoms with E-state index in [0.717, 1.165) is 77.0 Å². The van der Waals surface area contributed by atoms with Crippen LogP contribution in [0.4, 0.5) is 0 Å². The summed E-state index contributed by atoms with van der Waals surface area (Å²) in [6, 6.07) is 0. The molecule has 0 aromatic carbocycles. The van der Waals surface area contributed by atoms with Crippen LogP contribution < -0.4 is 0 Å². The molecule has 2 fully saturated rings. The highest BCUT2D eigenvalue weighted by Crippen LogP contribution is 2.34. The first-order chi connectivity index (χ1) is 21.8. The molecule has 0 saturated carbocycles. The summed E-state index contributed by atoms with van der Waals surface area (Å²) in [4.78, 5) is 11.7. The average Bonchev–Trinajstić information content (AvgIpc) is 3.77. The molecule has 8 nitrogen and oxygen atoms in total. The van der Waals surface area contributed by atoms with Crippen molar-refractivity contribution in [2.45, 2.75) is 216 Å². The summed E-state index contributed by atoms with van der Waals surface area (Å²) in [6.45, 7) is 4.07. The summed E-state index contributed by atoms with van der Waals surface area (Å²) in [5, 5.41) is 42.1. The van der Waals surface area contributed by atoms with Crippen LogP contribution in [0, 0.1) is 0 Å². The molecule has 2 saturated heterocycles. The molecule has 0 amide bonds. The van der Waals surface area contributed by atoms with E-state index in [4.69, 9.17) is 14.2 Å². The van der Waals surface area contributed by atoms with Gasteiger partial charge in [-0.05, 0) is 70.8 Å². The zero-order valence-corrected chi connectivity index (χ0v) is 28.5. The fourth-order valence-corrected chi connectivity index (χ4v) is 7.29. The van der Waals surface area contributed by atoms with E-state index in [2.05, 4.69) is 6.92 Å². The van der Waals surface area contributed by atoms with Crippen molar-refractivity contribution in [3.63, 3.8) is 0 Å². The second kappa shape index (κ2) is 21.8. The predicted molar refractivity (Wildman–Crippen MR) is 177 cm³/mol. The molecule has 0 unspecified atom stereocenters. The smallest absolute Gasteiger partial charge is 0.334 e. The van der Waals surface area contributed by atoms with Gasteiger partial charge in [-0.25, -0.2) is 4.79 Å². The van der Waals surface area contributed by atoms with Crippen LogP contribution in [0.15, 0.2) is 11.6 Å². The number of carbonyl (C=O) groups is 1. The summed E-state index contributed by atoms with van der Waals surface area (Å²) in [7, 11) is 0. The van der Waals surface area contributed by atoms with E-state index in [1.165, 1.54) is 44.9 Å². The van der Waals surface area contributed by atoms with Gasteiger partial charge in [-0.15, -0.1) is 0 Å². The summed E-state index contributed by atoms with van der Waals surface area (Å²) in [5.41, 5.74) is 0.588. The van der Waals surface area contributed by atoms with E-state index in [-0.39, 0.29) is 36.5 Å². The van der Waals surface area contributed by atoms with Gasteiger partial charge in [0.15, 0.2) is 0 Å². The number of esters is 1. The summed E-state index contributed by atoms with van der Waals surface area (Å²) >= 11 is 0. The van der Waals surface area contributed by atoms with Crippen LogP contribution >= 0.6 is 0 Å². The Labute approximate surface area is 273 Å². The molecule has 0 aliphatic carbocycles. The molecule has 0 radical (unpaired) electrons. The van der Waals surface area contributed by atoms with E-state index < -0.39 is 24.4 Å². The maximum Gasteiger partial charge on any atom is 0.334 e. The SMILES string of the molecule is CCCCCCCCCC[C@H](O)[C@@H]1CC[C@@H]([C@@H]2CC[C@@H]([C@H](O)CC[C@@H](O)CCCCCCC[C@@H](O)CC3=C[C@H](C)OC3=O)O2)O1. The van der Waals surface area contributed by atoms with Crippen molar-refractivity contribution in [1.82, 2.24) is 0 Å². The molecule has 3 aliphatic rings. The Kier molecular flexibility index (Phi) is 18.6. The Morgan fingerprint density at radius 3 is 1.67 bits per heavy atom. The highest BCUT2D eigenvalue weighted by atomic mass is 16.6. The molecule has 3 rings (SSSR count). The molecule has 262 valence electrons. The lowest BCUT2D eigenvalue weighted by molar-refractivity contribution is -0.139. The van der Waals surface area contributed by atoms with Crippen LogP contribution in [0.2, 0.25) is 0 Å². The van der Waals surface area contributed by atoms with Crippen LogP contribution in [-0.2, 0) is 19.0 Å². The summed E-state index contributed by atoms with van der Waals surface area (Å²) < 4.78 is 17.6. The monoisotopic (exact) mass is 638 g/mol. The third kappa shape index (κ3) is 14.7. The van der Waals surface area contributed by atoms with Crippen molar-refractivity contribution in [3.8, 4) is 0 Å². The first-order valence-corrected chi connectivity index (χ1v) is 18.7. The van der Waals surface area contributed by atoms with Crippen molar-refractivity contribution < 1.29 is 39.4 Å². The number of ether oxygens (including phenoxy) is 3. The molecular weight excluding hydrogens is 572 g/mol. The molecule has 8 heteroatoms. The number of unbranched alkanes of at least 4 members (excludes halogenated alkanes) is 11. The Balaban J connectivity index is 1.16. The fraction of sp³-hybridized carbons (Fsp3) is 0.919. The van der Waals surface area contributed by atoms with Gasteiger partial charge in [-0.3, -0.25) is 0 Å². The lowest BCUT2D eigenvalue weighted by Crippen LogP contribution is -2.33. The van der Waals surface area contributed by atoms with Crippen molar-refractivity contribution in [3.05, 3.63) is 11.6 Å². The van der Waals surface area contributed by atoms with Crippen LogP contribution in [0.25, 0.3) is 0 Å². The Morgan fingerprint density at radius 1 is 0.644 bits per heavy atom. The van der Waals surface area contributed by atoms with E-state index in [1.807, 2.05) is 6.92 Å². The second-order valence-corrected chi connectivity index (χ2v) is 14.2. The highest BCUT2D eigenvalue weighted by molar-refractivity contribution is 5.90. The molecule has 4 N–H and O–H groups in total. The molecule has 45 heavy (non-hydrogen) atoms. The zero-order chi connectivity index (χ0) is 32.4. The molecule has 0 spiro atoms. The number of hydrogen-bond donors (Lipinski definition) is 4. The molecule has 9 atom stereocenters. The van der Waals surface area contributed by atoms with Crippen molar-refractivity contribution in [1.29, 1.82) is 0 Å². The standard InChI is InChI=1S/C37H66O8/c1-3-4-5-6-7-8-12-15-18-31(40)33-21-23-35(44-33)36-24-22-34(45-36)32(41)20-19-29(38)16-13-10-9-11-14-17-30(39)26-28-25-27(2)43-37(28)42/h25,27,29-36,38-41H,3-24,26H2,1-2H3/t27-,29-,30+,31-,32+,33-,34-,35-,36-/m0/s1. The van der Waals surface area contributed by atoms with Crippen molar-refractivity contribution in [2.75, 3.05) is 0 Å². The largest absolute Gasteiger partial charge is 0.455 e. The minimum absolute atomic E-state index is 0.00146. The van der Waals surface area contributed by atoms with Gasteiger partial charge in [0.05, 0.1) is 48.8 Å². The van der Waals surface area contributed by atoms with Crippen LogP contribution in [0.3, 0.4) is 0 Å². The van der Waals surface area contributed by atoms with Crippen molar-refractivity contribution >= 4 is 5.97 Å². The topological polar surface area (TPSA) is 126 Å². The van der Waals surface area contributed by atoms with Gasteiger partial charge in [0.25, 0.3) is 0 Å². The van der Waals surface area contributed by atoms with Crippen molar-refractivity contribution in [2.24, 2.45) is 0 Å². The van der Waals surface area contributed by atoms with Gasteiger partial charge in [-0.1, -0.05) is 90.4 Å². The Hall–Kier alpha value is -1.03. The normalized spacial score (nSPS) is 27.8. The fourth-order valence-electron chi connectivity index (χ4n) is 7.29. The van der Waals surface area contributed by atoms with Crippen LogP contribution in [0.5, 0.6) is 0 Å². The van der Waals surface area contributed by atoms with E-state index in [9.17, 15) is 25.2 Å². The maximum absolute atomic E-state index is 11.7. The maximum atomic E-state index is 11.7. The highest BCUT2D eigenvalue weighted by Gasteiger charge is 2.40. The molecule has 0 aromatic rings. The van der Waals surface area contributed by atoms with Gasteiger partial charge in [-0.2, -0.15) is 0 Å².